The van der Waals surface area contributed by atoms with Crippen LogP contribution < -0.4 is 5.32 Å². The predicted octanol–water partition coefficient (Wildman–Crippen LogP) is 2.64. The SMILES string of the molecule is COCCCNc1nccn1CCc1ccsc1. The molecule has 2 rings (SSSR count). The molecule has 0 aromatic carbocycles. The maximum atomic E-state index is 5.02. The first-order chi connectivity index (χ1) is 8.90. The third-order valence-electron chi connectivity index (χ3n) is 2.75. The van der Waals surface area contributed by atoms with Crippen LogP contribution in [-0.2, 0) is 17.7 Å². The number of nitrogens with zero attached hydrogens (tertiary/aromatic N) is 2. The number of hydrogen-bond donors (Lipinski definition) is 1. The molecule has 0 amide bonds. The van der Waals surface area contributed by atoms with Crippen molar-refractivity contribution in [2.45, 2.75) is 19.4 Å². The van der Waals surface area contributed by atoms with Crippen molar-refractivity contribution < 1.29 is 4.74 Å². The fourth-order valence-corrected chi connectivity index (χ4v) is 2.46. The van der Waals surface area contributed by atoms with E-state index in [1.54, 1.807) is 18.4 Å². The third-order valence-corrected chi connectivity index (χ3v) is 3.48. The molecule has 0 radical (unpaired) electrons. The van der Waals surface area contributed by atoms with E-state index in [4.69, 9.17) is 4.74 Å². The molecular weight excluding hydrogens is 246 g/mol. The highest BCUT2D eigenvalue weighted by atomic mass is 32.1. The molecule has 0 bridgehead atoms. The Hall–Kier alpha value is -1.33. The quantitative estimate of drug-likeness (QED) is 0.746. The summed E-state index contributed by atoms with van der Waals surface area (Å²) in [6, 6.07) is 2.17. The summed E-state index contributed by atoms with van der Waals surface area (Å²) < 4.78 is 7.18. The third kappa shape index (κ3) is 3.85. The molecule has 0 saturated heterocycles. The van der Waals surface area contributed by atoms with Gasteiger partial charge in [0, 0.05) is 39.2 Å². The Bertz CT molecular complexity index is 439. The van der Waals surface area contributed by atoms with Crippen molar-refractivity contribution >= 4 is 17.3 Å². The molecule has 0 aliphatic carbocycles. The van der Waals surface area contributed by atoms with Crippen molar-refractivity contribution in [3.05, 3.63) is 34.8 Å². The Morgan fingerprint density at radius 3 is 3.22 bits per heavy atom. The summed E-state index contributed by atoms with van der Waals surface area (Å²) in [5.74, 6) is 0.946. The molecule has 5 heteroatoms. The number of aryl methyl sites for hydroxylation is 2. The average Bonchev–Trinajstić information content (AvgIpc) is 3.03. The Morgan fingerprint density at radius 2 is 2.44 bits per heavy atom. The van der Waals surface area contributed by atoms with E-state index in [1.165, 1.54) is 5.56 Å². The van der Waals surface area contributed by atoms with Gasteiger partial charge < -0.3 is 14.6 Å². The predicted molar refractivity (Wildman–Crippen MR) is 75.2 cm³/mol. The first-order valence-corrected chi connectivity index (χ1v) is 7.09. The van der Waals surface area contributed by atoms with Gasteiger partial charge in [-0.25, -0.2) is 4.98 Å². The fourth-order valence-electron chi connectivity index (χ4n) is 1.76. The number of hydrogen-bond acceptors (Lipinski definition) is 4. The summed E-state index contributed by atoms with van der Waals surface area (Å²) in [4.78, 5) is 4.33. The fraction of sp³-hybridized carbons (Fsp3) is 0.462. The van der Waals surface area contributed by atoms with Crippen molar-refractivity contribution in [3.63, 3.8) is 0 Å². The van der Waals surface area contributed by atoms with Gasteiger partial charge in [-0.1, -0.05) is 0 Å². The van der Waals surface area contributed by atoms with Gasteiger partial charge in [-0.3, -0.25) is 0 Å². The topological polar surface area (TPSA) is 39.1 Å². The van der Waals surface area contributed by atoms with E-state index in [0.717, 1.165) is 38.5 Å². The van der Waals surface area contributed by atoms with Gasteiger partial charge in [0.25, 0.3) is 0 Å². The second kappa shape index (κ2) is 7.18. The van der Waals surface area contributed by atoms with E-state index in [1.807, 2.05) is 12.4 Å². The summed E-state index contributed by atoms with van der Waals surface area (Å²) in [5.41, 5.74) is 1.39. The van der Waals surface area contributed by atoms with E-state index < -0.39 is 0 Å². The van der Waals surface area contributed by atoms with Gasteiger partial charge in [-0.05, 0) is 35.2 Å². The van der Waals surface area contributed by atoms with E-state index >= 15 is 0 Å². The monoisotopic (exact) mass is 265 g/mol. The second-order valence-electron chi connectivity index (χ2n) is 4.10. The lowest BCUT2D eigenvalue weighted by molar-refractivity contribution is 0.197. The zero-order chi connectivity index (χ0) is 12.6. The highest BCUT2D eigenvalue weighted by molar-refractivity contribution is 7.07. The van der Waals surface area contributed by atoms with Crippen molar-refractivity contribution in [2.24, 2.45) is 0 Å². The van der Waals surface area contributed by atoms with Crippen molar-refractivity contribution in [2.75, 3.05) is 25.6 Å². The van der Waals surface area contributed by atoms with E-state index in [0.29, 0.717) is 0 Å². The highest BCUT2D eigenvalue weighted by Crippen LogP contribution is 2.10. The summed E-state index contributed by atoms with van der Waals surface area (Å²) >= 11 is 1.75. The van der Waals surface area contributed by atoms with Gasteiger partial charge in [-0.15, -0.1) is 0 Å². The number of ether oxygens (including phenoxy) is 1. The average molecular weight is 265 g/mol. The van der Waals surface area contributed by atoms with E-state index in [9.17, 15) is 0 Å². The lowest BCUT2D eigenvalue weighted by Gasteiger charge is -2.09. The number of imidazole rings is 1. The van der Waals surface area contributed by atoms with Crippen LogP contribution in [0.4, 0.5) is 5.95 Å². The minimum Gasteiger partial charge on any atom is -0.385 e. The van der Waals surface area contributed by atoms with Gasteiger partial charge >= 0.3 is 0 Å². The summed E-state index contributed by atoms with van der Waals surface area (Å²) in [7, 11) is 1.72. The summed E-state index contributed by atoms with van der Waals surface area (Å²) in [6.45, 7) is 2.63. The molecule has 0 atom stereocenters. The van der Waals surface area contributed by atoms with Crippen LogP contribution in [0.1, 0.15) is 12.0 Å². The molecule has 0 unspecified atom stereocenters. The number of aromatic nitrogens is 2. The van der Waals surface area contributed by atoms with Crippen LogP contribution in [-0.4, -0.2) is 29.8 Å². The number of nitrogens with one attached hydrogen (secondary N) is 1. The Balaban J connectivity index is 1.79. The van der Waals surface area contributed by atoms with Crippen LogP contribution in [0.2, 0.25) is 0 Å². The second-order valence-corrected chi connectivity index (χ2v) is 4.88. The Kier molecular flexibility index (Phi) is 5.23. The zero-order valence-electron chi connectivity index (χ0n) is 10.6. The molecule has 2 aromatic rings. The standard InChI is InChI=1S/C13H19N3OS/c1-17-9-2-5-14-13-15-6-8-16(13)7-3-12-4-10-18-11-12/h4,6,8,10-11H,2-3,5,7,9H2,1H3,(H,14,15). The van der Waals surface area contributed by atoms with Crippen LogP contribution in [0.25, 0.3) is 0 Å². The van der Waals surface area contributed by atoms with Gasteiger partial charge in [0.05, 0.1) is 0 Å². The number of rotatable bonds is 8. The van der Waals surface area contributed by atoms with Crippen LogP contribution in [0.5, 0.6) is 0 Å². The van der Waals surface area contributed by atoms with Crippen LogP contribution in [0.15, 0.2) is 29.2 Å². The first kappa shape index (κ1) is 13.1. The minimum atomic E-state index is 0.780. The van der Waals surface area contributed by atoms with Gasteiger partial charge in [0.2, 0.25) is 5.95 Å². The van der Waals surface area contributed by atoms with Crippen LogP contribution in [0, 0.1) is 0 Å². The van der Waals surface area contributed by atoms with Gasteiger partial charge in [0.1, 0.15) is 0 Å². The number of anilines is 1. The molecule has 0 spiro atoms. The minimum absolute atomic E-state index is 0.780. The maximum absolute atomic E-state index is 5.02. The molecule has 1 N–H and O–H groups in total. The van der Waals surface area contributed by atoms with Gasteiger partial charge in [0.15, 0.2) is 0 Å². The van der Waals surface area contributed by atoms with Crippen LogP contribution in [0.3, 0.4) is 0 Å². The van der Waals surface area contributed by atoms with Crippen molar-refractivity contribution in [1.82, 2.24) is 9.55 Å². The van der Waals surface area contributed by atoms with E-state index in [-0.39, 0.29) is 0 Å². The lowest BCUT2D eigenvalue weighted by Crippen LogP contribution is -2.11. The molecule has 18 heavy (non-hydrogen) atoms. The molecule has 0 saturated carbocycles. The molecule has 98 valence electrons. The largest absolute Gasteiger partial charge is 0.385 e. The smallest absolute Gasteiger partial charge is 0.202 e. The number of methoxy groups -OCH3 is 1. The summed E-state index contributed by atoms with van der Waals surface area (Å²) in [5, 5.41) is 7.65. The van der Waals surface area contributed by atoms with Crippen molar-refractivity contribution in [1.29, 1.82) is 0 Å². The lowest BCUT2D eigenvalue weighted by atomic mass is 10.2. The molecule has 0 aliphatic rings. The Labute approximate surface area is 112 Å². The van der Waals surface area contributed by atoms with Crippen LogP contribution >= 0.6 is 11.3 Å². The first-order valence-electron chi connectivity index (χ1n) is 6.15. The molecule has 2 heterocycles. The highest BCUT2D eigenvalue weighted by Gasteiger charge is 2.02. The molecule has 4 nitrogen and oxygen atoms in total. The zero-order valence-corrected chi connectivity index (χ0v) is 11.4. The molecule has 0 fully saturated rings. The normalized spacial score (nSPS) is 10.7. The summed E-state index contributed by atoms with van der Waals surface area (Å²) in [6.07, 6.45) is 5.90. The van der Waals surface area contributed by atoms with Gasteiger partial charge in [-0.2, -0.15) is 11.3 Å². The van der Waals surface area contributed by atoms with E-state index in [2.05, 4.69) is 31.7 Å². The molecule has 2 aromatic heterocycles. The van der Waals surface area contributed by atoms with Crippen molar-refractivity contribution in [3.8, 4) is 0 Å². The Morgan fingerprint density at radius 1 is 1.50 bits per heavy atom. The number of thiophene rings is 1. The maximum Gasteiger partial charge on any atom is 0.202 e. The molecule has 0 aliphatic heterocycles. The molecular formula is C13H19N3OS.